The van der Waals surface area contributed by atoms with Crippen LogP contribution in [0.5, 0.6) is 0 Å². The molecule has 0 saturated carbocycles. The largest absolute Gasteiger partial charge is 0.352 e. The van der Waals surface area contributed by atoms with Crippen molar-refractivity contribution in [1.82, 2.24) is 9.88 Å². The number of pyridine rings is 1. The van der Waals surface area contributed by atoms with E-state index in [1.54, 1.807) is 29.0 Å². The molecule has 0 radical (unpaired) electrons. The number of halogens is 1. The SMILES string of the molecule is C[C@@H](CCc1ccccc1)NC(=O)Cn1ccc(=O)c2cc(Cl)ccc21. The van der Waals surface area contributed by atoms with Crippen molar-refractivity contribution in [2.75, 3.05) is 0 Å². The van der Waals surface area contributed by atoms with Crippen LogP contribution in [0.15, 0.2) is 65.6 Å². The van der Waals surface area contributed by atoms with E-state index in [4.69, 9.17) is 11.6 Å². The smallest absolute Gasteiger partial charge is 0.240 e. The second kappa shape index (κ2) is 8.19. The number of fused-ring (bicyclic) bond motifs is 1. The first-order valence-corrected chi connectivity index (χ1v) is 9.03. The van der Waals surface area contributed by atoms with Crippen molar-refractivity contribution in [1.29, 1.82) is 0 Å². The van der Waals surface area contributed by atoms with E-state index in [1.807, 2.05) is 25.1 Å². The van der Waals surface area contributed by atoms with Crippen LogP contribution in [0.2, 0.25) is 5.02 Å². The Morgan fingerprint density at radius 2 is 1.92 bits per heavy atom. The minimum Gasteiger partial charge on any atom is -0.352 e. The molecule has 1 amide bonds. The van der Waals surface area contributed by atoms with Gasteiger partial charge in [0.1, 0.15) is 6.54 Å². The highest BCUT2D eigenvalue weighted by molar-refractivity contribution is 6.31. The molecule has 0 saturated heterocycles. The molecule has 0 fully saturated rings. The van der Waals surface area contributed by atoms with Gasteiger partial charge in [-0.25, -0.2) is 0 Å². The van der Waals surface area contributed by atoms with Crippen molar-refractivity contribution < 1.29 is 4.79 Å². The highest BCUT2D eigenvalue weighted by atomic mass is 35.5. The molecule has 1 heterocycles. The van der Waals surface area contributed by atoms with E-state index in [9.17, 15) is 9.59 Å². The van der Waals surface area contributed by atoms with Crippen molar-refractivity contribution >= 4 is 28.4 Å². The van der Waals surface area contributed by atoms with Gasteiger partial charge in [-0.15, -0.1) is 0 Å². The van der Waals surface area contributed by atoms with Gasteiger partial charge in [-0.05, 0) is 43.5 Å². The standard InChI is InChI=1S/C21H21ClN2O2/c1-15(7-8-16-5-3-2-4-6-16)23-21(26)14-24-12-11-20(25)18-13-17(22)9-10-19(18)24/h2-6,9-13,15H,7-8,14H2,1H3,(H,23,26)/t15-/m0/s1. The van der Waals surface area contributed by atoms with E-state index in [-0.39, 0.29) is 23.9 Å². The Balaban J connectivity index is 1.64. The van der Waals surface area contributed by atoms with Crippen molar-refractivity contribution in [2.45, 2.75) is 32.4 Å². The molecule has 5 heteroatoms. The number of amides is 1. The van der Waals surface area contributed by atoms with Crippen molar-refractivity contribution in [2.24, 2.45) is 0 Å². The lowest BCUT2D eigenvalue weighted by Gasteiger charge is -2.16. The Morgan fingerprint density at radius 3 is 2.69 bits per heavy atom. The average Bonchev–Trinajstić information content (AvgIpc) is 2.63. The highest BCUT2D eigenvalue weighted by Crippen LogP contribution is 2.16. The fraction of sp³-hybridized carbons (Fsp3) is 0.238. The minimum atomic E-state index is -0.101. The van der Waals surface area contributed by atoms with E-state index in [1.165, 1.54) is 11.6 Å². The Hall–Kier alpha value is -2.59. The van der Waals surface area contributed by atoms with Crippen molar-refractivity contribution in [3.63, 3.8) is 0 Å². The quantitative estimate of drug-likeness (QED) is 0.719. The molecule has 0 aliphatic heterocycles. The second-order valence-electron chi connectivity index (χ2n) is 6.46. The van der Waals surface area contributed by atoms with Gasteiger partial charge >= 0.3 is 0 Å². The Morgan fingerprint density at radius 1 is 1.15 bits per heavy atom. The first kappa shape index (κ1) is 18.2. The van der Waals surface area contributed by atoms with Crippen molar-refractivity contribution in [3.8, 4) is 0 Å². The van der Waals surface area contributed by atoms with E-state index in [0.29, 0.717) is 15.9 Å². The summed E-state index contributed by atoms with van der Waals surface area (Å²) in [5.74, 6) is -0.0783. The van der Waals surface area contributed by atoms with Gasteiger partial charge in [0.25, 0.3) is 0 Å². The van der Waals surface area contributed by atoms with Crippen LogP contribution in [0, 0.1) is 0 Å². The zero-order chi connectivity index (χ0) is 18.5. The summed E-state index contributed by atoms with van der Waals surface area (Å²) >= 11 is 5.98. The number of carbonyl (C=O) groups excluding carboxylic acids is 1. The fourth-order valence-corrected chi connectivity index (χ4v) is 3.17. The number of hydrogen-bond acceptors (Lipinski definition) is 2. The molecule has 4 nitrogen and oxygen atoms in total. The van der Waals surface area contributed by atoms with Crippen LogP contribution in [0.25, 0.3) is 10.9 Å². The molecule has 2 aromatic carbocycles. The molecule has 134 valence electrons. The molecule has 0 bridgehead atoms. The molecule has 26 heavy (non-hydrogen) atoms. The number of hydrogen-bond donors (Lipinski definition) is 1. The molecular formula is C21H21ClN2O2. The normalized spacial score (nSPS) is 12.1. The van der Waals surface area contributed by atoms with Crippen LogP contribution in [0.1, 0.15) is 18.9 Å². The molecule has 3 aromatic rings. The van der Waals surface area contributed by atoms with Crippen LogP contribution in [-0.2, 0) is 17.8 Å². The van der Waals surface area contributed by atoms with Gasteiger partial charge in [0.15, 0.2) is 5.43 Å². The fourth-order valence-electron chi connectivity index (χ4n) is 3.00. The summed E-state index contributed by atoms with van der Waals surface area (Å²) in [5.41, 5.74) is 1.86. The van der Waals surface area contributed by atoms with Crippen LogP contribution in [-0.4, -0.2) is 16.5 Å². The van der Waals surface area contributed by atoms with Gasteiger partial charge in [0.05, 0.1) is 5.52 Å². The predicted molar refractivity (Wildman–Crippen MR) is 106 cm³/mol. The van der Waals surface area contributed by atoms with Crippen LogP contribution < -0.4 is 10.7 Å². The number of carbonyl (C=O) groups is 1. The minimum absolute atomic E-state index is 0.0720. The lowest BCUT2D eigenvalue weighted by molar-refractivity contribution is -0.122. The third kappa shape index (κ3) is 4.52. The molecule has 0 unspecified atom stereocenters. The summed E-state index contributed by atoms with van der Waals surface area (Å²) in [6.07, 6.45) is 3.44. The summed E-state index contributed by atoms with van der Waals surface area (Å²) in [6.45, 7) is 2.16. The molecule has 0 aliphatic carbocycles. The summed E-state index contributed by atoms with van der Waals surface area (Å²) in [7, 11) is 0. The Bertz CT molecular complexity index is 967. The molecular weight excluding hydrogens is 348 g/mol. The van der Waals surface area contributed by atoms with E-state index < -0.39 is 0 Å². The second-order valence-corrected chi connectivity index (χ2v) is 6.90. The lowest BCUT2D eigenvalue weighted by atomic mass is 10.1. The maximum atomic E-state index is 12.4. The number of benzene rings is 2. The zero-order valence-electron chi connectivity index (χ0n) is 14.6. The number of aromatic nitrogens is 1. The molecule has 1 atom stereocenters. The van der Waals surface area contributed by atoms with Crippen LogP contribution in [0.4, 0.5) is 0 Å². The number of nitrogens with one attached hydrogen (secondary N) is 1. The number of nitrogens with zero attached hydrogens (tertiary/aromatic N) is 1. The summed E-state index contributed by atoms with van der Waals surface area (Å²) < 4.78 is 1.77. The highest BCUT2D eigenvalue weighted by Gasteiger charge is 2.10. The third-order valence-electron chi connectivity index (χ3n) is 4.37. The van der Waals surface area contributed by atoms with Gasteiger partial charge in [0.2, 0.25) is 5.91 Å². The van der Waals surface area contributed by atoms with Gasteiger partial charge < -0.3 is 9.88 Å². The topological polar surface area (TPSA) is 51.1 Å². The van der Waals surface area contributed by atoms with E-state index in [0.717, 1.165) is 12.8 Å². The van der Waals surface area contributed by atoms with E-state index >= 15 is 0 Å². The van der Waals surface area contributed by atoms with Crippen molar-refractivity contribution in [3.05, 3.63) is 81.6 Å². The maximum absolute atomic E-state index is 12.4. The molecule has 1 N–H and O–H groups in total. The molecule has 3 rings (SSSR count). The zero-order valence-corrected chi connectivity index (χ0v) is 15.4. The summed E-state index contributed by atoms with van der Waals surface area (Å²) in [4.78, 5) is 24.4. The predicted octanol–water partition coefficient (Wildman–Crippen LogP) is 3.79. The Labute approximate surface area is 157 Å². The third-order valence-corrected chi connectivity index (χ3v) is 4.60. The lowest BCUT2D eigenvalue weighted by Crippen LogP contribution is -2.35. The van der Waals surface area contributed by atoms with Crippen LogP contribution >= 0.6 is 11.6 Å². The number of rotatable bonds is 6. The van der Waals surface area contributed by atoms with Crippen LogP contribution in [0.3, 0.4) is 0 Å². The monoisotopic (exact) mass is 368 g/mol. The van der Waals surface area contributed by atoms with Gasteiger partial charge in [-0.3, -0.25) is 9.59 Å². The first-order valence-electron chi connectivity index (χ1n) is 8.65. The van der Waals surface area contributed by atoms with Gasteiger partial charge in [-0.2, -0.15) is 0 Å². The number of aryl methyl sites for hydroxylation is 1. The van der Waals surface area contributed by atoms with Gasteiger partial charge in [0, 0.05) is 28.7 Å². The first-order chi connectivity index (χ1) is 12.5. The molecule has 0 spiro atoms. The summed E-state index contributed by atoms with van der Waals surface area (Å²) in [5, 5.41) is 4.05. The molecule has 0 aliphatic rings. The Kier molecular flexibility index (Phi) is 5.74. The van der Waals surface area contributed by atoms with E-state index in [2.05, 4.69) is 17.4 Å². The summed E-state index contributed by atoms with van der Waals surface area (Å²) in [6, 6.07) is 16.9. The van der Waals surface area contributed by atoms with Gasteiger partial charge in [-0.1, -0.05) is 41.9 Å². The maximum Gasteiger partial charge on any atom is 0.240 e. The molecule has 1 aromatic heterocycles. The average molecular weight is 369 g/mol.